The van der Waals surface area contributed by atoms with Crippen molar-refractivity contribution in [1.29, 1.82) is 0 Å². The van der Waals surface area contributed by atoms with Crippen molar-refractivity contribution in [1.82, 2.24) is 0 Å². The predicted octanol–water partition coefficient (Wildman–Crippen LogP) is 1.27. The molecule has 0 fully saturated rings. The van der Waals surface area contributed by atoms with Crippen LogP contribution in [-0.2, 0) is 4.52 Å². The minimum absolute atomic E-state index is 0.0806. The molecule has 0 saturated heterocycles. The van der Waals surface area contributed by atoms with E-state index in [-0.39, 0.29) is 6.04 Å². The molecule has 11 heavy (non-hydrogen) atoms. The molecule has 2 atom stereocenters. The van der Waals surface area contributed by atoms with E-state index in [9.17, 15) is 0 Å². The Labute approximate surface area is 70.3 Å². The van der Waals surface area contributed by atoms with Gasteiger partial charge in [-0.1, -0.05) is 13.8 Å². The van der Waals surface area contributed by atoms with Crippen molar-refractivity contribution >= 4 is 9.03 Å². The van der Waals surface area contributed by atoms with E-state index >= 15 is 0 Å². The zero-order valence-corrected chi connectivity index (χ0v) is 8.21. The highest BCUT2D eigenvalue weighted by atomic mass is 31.1. The Bertz CT molecular complexity index is 90.5. The summed E-state index contributed by atoms with van der Waals surface area (Å²) in [6, 6.07) is 0.0806. The van der Waals surface area contributed by atoms with E-state index in [1.54, 1.807) is 0 Å². The molecule has 0 rings (SSSR count). The Morgan fingerprint density at radius 3 is 2.55 bits per heavy atom. The van der Waals surface area contributed by atoms with Crippen molar-refractivity contribution in [2.75, 3.05) is 6.61 Å². The summed E-state index contributed by atoms with van der Waals surface area (Å²) in [6.45, 7) is 4.81. The predicted molar refractivity (Wildman–Crippen MR) is 48.5 cm³/mol. The number of nitrogens with two attached hydrogens (primary N) is 1. The normalized spacial score (nSPS) is 15.0. The number of hydrogen-bond acceptors (Lipinski definition) is 3. The first-order valence-corrected chi connectivity index (χ1v) is 4.78. The van der Waals surface area contributed by atoms with Gasteiger partial charge >= 0.3 is 0 Å². The van der Waals surface area contributed by atoms with Crippen LogP contribution in [-0.4, -0.2) is 17.5 Å². The van der Waals surface area contributed by atoms with E-state index < -0.39 is 9.03 Å². The topological polar surface area (TPSA) is 55.5 Å². The third-order valence-corrected chi connectivity index (χ3v) is 1.77. The summed E-state index contributed by atoms with van der Waals surface area (Å²) in [5.74, 6) is 0.692. The number of rotatable bonds is 6. The molecule has 0 aliphatic heterocycles. The van der Waals surface area contributed by atoms with Gasteiger partial charge in [0.05, 0.1) is 6.61 Å². The Kier molecular flexibility index (Phi) is 7.18. The minimum Gasteiger partial charge on any atom is -0.352 e. The van der Waals surface area contributed by atoms with Crippen molar-refractivity contribution < 1.29 is 9.42 Å². The highest BCUT2D eigenvalue weighted by Crippen LogP contribution is 2.09. The first-order valence-electron chi connectivity index (χ1n) is 3.93. The first-order chi connectivity index (χ1) is 5.16. The zero-order valence-electron chi connectivity index (χ0n) is 7.21. The summed E-state index contributed by atoms with van der Waals surface area (Å²) in [5.41, 5.74) is 5.68. The summed E-state index contributed by atoms with van der Waals surface area (Å²) in [7, 11) is -0.430. The molecular weight excluding hydrogens is 161 g/mol. The molecule has 0 aromatic rings. The minimum atomic E-state index is -0.430. The van der Waals surface area contributed by atoms with Gasteiger partial charge in [0.2, 0.25) is 0 Å². The van der Waals surface area contributed by atoms with Gasteiger partial charge < -0.3 is 15.2 Å². The Hall–Kier alpha value is 0.310. The Morgan fingerprint density at radius 1 is 1.45 bits per heavy atom. The molecule has 4 heteroatoms. The van der Waals surface area contributed by atoms with Crippen LogP contribution >= 0.6 is 9.03 Å². The summed E-state index contributed by atoms with van der Waals surface area (Å²) >= 11 is 0. The van der Waals surface area contributed by atoms with Crippen LogP contribution in [0.25, 0.3) is 0 Å². The second-order valence-corrected chi connectivity index (χ2v) is 3.60. The average molecular weight is 179 g/mol. The molecule has 68 valence electrons. The summed E-state index contributed by atoms with van der Waals surface area (Å²) < 4.78 is 4.79. The lowest BCUT2D eigenvalue weighted by Crippen LogP contribution is -2.25. The van der Waals surface area contributed by atoms with Crippen LogP contribution in [0.3, 0.4) is 0 Å². The maximum Gasteiger partial charge on any atom is 0.152 e. The molecule has 0 aliphatic carbocycles. The summed E-state index contributed by atoms with van der Waals surface area (Å²) in [5, 5.41) is 0. The van der Waals surface area contributed by atoms with Crippen LogP contribution in [0.2, 0.25) is 0 Å². The largest absolute Gasteiger partial charge is 0.352 e. The van der Waals surface area contributed by atoms with Gasteiger partial charge in [-0.2, -0.15) is 0 Å². The zero-order chi connectivity index (χ0) is 8.69. The van der Waals surface area contributed by atoms with E-state index in [2.05, 4.69) is 13.8 Å². The van der Waals surface area contributed by atoms with Crippen LogP contribution in [0.15, 0.2) is 0 Å². The van der Waals surface area contributed by atoms with Crippen LogP contribution in [0.4, 0.5) is 0 Å². The highest BCUT2D eigenvalue weighted by Gasteiger charge is 2.03. The van der Waals surface area contributed by atoms with E-state index in [4.69, 9.17) is 15.2 Å². The number of hydrogen-bond donors (Lipinski definition) is 2. The molecule has 0 aliphatic rings. The van der Waals surface area contributed by atoms with Crippen LogP contribution in [0.1, 0.15) is 26.7 Å². The van der Waals surface area contributed by atoms with Crippen molar-refractivity contribution in [3.63, 3.8) is 0 Å². The SMILES string of the molecule is CC(C)CCC(N)COPO. The van der Waals surface area contributed by atoms with Crippen LogP contribution in [0.5, 0.6) is 0 Å². The lowest BCUT2D eigenvalue weighted by molar-refractivity contribution is 0.285. The standard InChI is InChI=1S/C7H18NO2P/c1-6(2)3-4-7(8)5-10-11-9/h6-7,9,11H,3-5,8H2,1-2H3. The monoisotopic (exact) mass is 179 g/mol. The molecule has 0 radical (unpaired) electrons. The first kappa shape index (κ1) is 11.3. The van der Waals surface area contributed by atoms with E-state index in [0.29, 0.717) is 12.5 Å². The molecule has 0 heterocycles. The fourth-order valence-electron chi connectivity index (χ4n) is 0.775. The molecule has 0 amide bonds. The molecule has 0 aromatic heterocycles. The molecule has 0 spiro atoms. The molecule has 3 N–H and O–H groups in total. The molecule has 2 unspecified atom stereocenters. The Morgan fingerprint density at radius 2 is 2.09 bits per heavy atom. The second-order valence-electron chi connectivity index (χ2n) is 3.13. The molecule has 0 aromatic carbocycles. The van der Waals surface area contributed by atoms with E-state index in [1.807, 2.05) is 0 Å². The van der Waals surface area contributed by atoms with Crippen LogP contribution < -0.4 is 5.73 Å². The van der Waals surface area contributed by atoms with Crippen molar-refractivity contribution in [3.8, 4) is 0 Å². The lowest BCUT2D eigenvalue weighted by Gasteiger charge is -2.11. The van der Waals surface area contributed by atoms with Gasteiger partial charge in [-0.3, -0.25) is 0 Å². The van der Waals surface area contributed by atoms with Gasteiger partial charge in [0.25, 0.3) is 0 Å². The van der Waals surface area contributed by atoms with Gasteiger partial charge in [-0.15, -0.1) is 0 Å². The van der Waals surface area contributed by atoms with E-state index in [0.717, 1.165) is 12.8 Å². The van der Waals surface area contributed by atoms with Gasteiger partial charge in [-0.25, -0.2) is 0 Å². The van der Waals surface area contributed by atoms with Gasteiger partial charge in [0.15, 0.2) is 9.03 Å². The fourth-order valence-corrected chi connectivity index (χ4v) is 1.06. The molecular formula is C7H18NO2P. The van der Waals surface area contributed by atoms with Crippen molar-refractivity contribution in [2.24, 2.45) is 11.7 Å². The average Bonchev–Trinajstić information content (AvgIpc) is 1.97. The lowest BCUT2D eigenvalue weighted by atomic mass is 10.0. The van der Waals surface area contributed by atoms with Crippen LogP contribution in [0, 0.1) is 5.92 Å². The quantitative estimate of drug-likeness (QED) is 0.603. The maximum atomic E-state index is 8.34. The smallest absolute Gasteiger partial charge is 0.152 e. The summed E-state index contributed by atoms with van der Waals surface area (Å²) in [4.78, 5) is 8.34. The van der Waals surface area contributed by atoms with Crippen molar-refractivity contribution in [2.45, 2.75) is 32.7 Å². The fraction of sp³-hybridized carbons (Fsp3) is 1.00. The second kappa shape index (κ2) is 6.99. The molecule has 3 nitrogen and oxygen atoms in total. The molecule has 0 bridgehead atoms. The highest BCUT2D eigenvalue weighted by molar-refractivity contribution is 7.24. The Balaban J connectivity index is 3.15. The third kappa shape index (κ3) is 8.21. The van der Waals surface area contributed by atoms with E-state index in [1.165, 1.54) is 0 Å². The summed E-state index contributed by atoms with van der Waals surface area (Å²) in [6.07, 6.45) is 2.10. The third-order valence-electron chi connectivity index (χ3n) is 1.48. The maximum absolute atomic E-state index is 8.34. The molecule has 0 saturated carbocycles. The van der Waals surface area contributed by atoms with Crippen molar-refractivity contribution in [3.05, 3.63) is 0 Å². The van der Waals surface area contributed by atoms with Gasteiger partial charge in [-0.05, 0) is 18.8 Å². The van der Waals surface area contributed by atoms with Gasteiger partial charge in [0.1, 0.15) is 0 Å². The van der Waals surface area contributed by atoms with Gasteiger partial charge in [0, 0.05) is 6.04 Å².